The Morgan fingerprint density at radius 2 is 2.17 bits per heavy atom. The number of nitrogens with two attached hydrogens (primary N) is 1. The molecule has 1 aliphatic heterocycles. The maximum absolute atomic E-state index is 12.0. The first-order valence-corrected chi connectivity index (χ1v) is 5.60. The Bertz CT molecular complexity index is 489. The number of rotatable bonds is 4. The van der Waals surface area contributed by atoms with Crippen molar-refractivity contribution in [2.24, 2.45) is 5.73 Å². The van der Waals surface area contributed by atoms with Gasteiger partial charge < -0.3 is 15.8 Å². The van der Waals surface area contributed by atoms with Crippen molar-refractivity contribution in [1.29, 1.82) is 0 Å². The van der Waals surface area contributed by atoms with Gasteiger partial charge in [0.15, 0.2) is 0 Å². The lowest BCUT2D eigenvalue weighted by atomic mass is 9.86. The molecular formula is C12H15N3O3. The van der Waals surface area contributed by atoms with Crippen molar-refractivity contribution in [3.05, 3.63) is 29.8 Å². The van der Waals surface area contributed by atoms with E-state index in [0.29, 0.717) is 17.7 Å². The highest BCUT2D eigenvalue weighted by atomic mass is 16.5. The van der Waals surface area contributed by atoms with Gasteiger partial charge in [0.05, 0.1) is 7.11 Å². The molecule has 96 valence electrons. The summed E-state index contributed by atoms with van der Waals surface area (Å²) in [7, 11) is 1.54. The van der Waals surface area contributed by atoms with Crippen LogP contribution in [0.5, 0.6) is 5.75 Å². The molecule has 4 N–H and O–H groups in total. The number of hydrogen-bond acceptors (Lipinski definition) is 4. The van der Waals surface area contributed by atoms with Crippen molar-refractivity contribution in [1.82, 2.24) is 10.6 Å². The van der Waals surface area contributed by atoms with Crippen LogP contribution in [0.25, 0.3) is 0 Å². The van der Waals surface area contributed by atoms with Gasteiger partial charge in [0.2, 0.25) is 0 Å². The predicted molar refractivity (Wildman–Crippen MR) is 65.0 cm³/mol. The molecule has 2 rings (SSSR count). The number of carbonyl (C=O) groups is 2. The molecule has 3 amide bonds. The van der Waals surface area contributed by atoms with Gasteiger partial charge in [0, 0.05) is 0 Å². The summed E-state index contributed by atoms with van der Waals surface area (Å²) in [6.45, 7) is 0.283. The monoisotopic (exact) mass is 249 g/mol. The van der Waals surface area contributed by atoms with E-state index < -0.39 is 11.6 Å². The summed E-state index contributed by atoms with van der Waals surface area (Å²) in [5.74, 6) is 0.240. The molecule has 0 radical (unpaired) electrons. The zero-order valence-electron chi connectivity index (χ0n) is 10.0. The number of ether oxygens (including phenoxy) is 1. The van der Waals surface area contributed by atoms with Crippen LogP contribution in [-0.2, 0) is 10.3 Å². The minimum absolute atomic E-state index is 0.283. The third-order valence-electron chi connectivity index (χ3n) is 3.02. The highest BCUT2D eigenvalue weighted by molar-refractivity contribution is 6.07. The molecule has 1 unspecified atom stereocenters. The molecule has 1 atom stereocenters. The maximum atomic E-state index is 12.0. The number of carbonyl (C=O) groups excluding carboxylic acids is 2. The normalized spacial score (nSPS) is 22.6. The summed E-state index contributed by atoms with van der Waals surface area (Å²) in [4.78, 5) is 23.4. The standard InChI is InChI=1S/C12H15N3O3/c1-18-9-4-2-3-8(7-9)12(5-6-13)10(16)14-11(17)15-12/h2-4,7H,5-6,13H2,1H3,(H2,14,15,16,17). The minimum Gasteiger partial charge on any atom is -0.497 e. The predicted octanol–water partition coefficient (Wildman–Crippen LogP) is 0.0787. The largest absolute Gasteiger partial charge is 0.497 e. The molecule has 1 aliphatic rings. The van der Waals surface area contributed by atoms with Gasteiger partial charge in [-0.25, -0.2) is 4.79 Å². The second kappa shape index (κ2) is 4.66. The lowest BCUT2D eigenvalue weighted by molar-refractivity contribution is -0.124. The van der Waals surface area contributed by atoms with Crippen LogP contribution in [0.3, 0.4) is 0 Å². The molecule has 0 aromatic heterocycles. The number of nitrogens with one attached hydrogen (secondary N) is 2. The Balaban J connectivity index is 2.46. The Morgan fingerprint density at radius 3 is 2.72 bits per heavy atom. The number of urea groups is 1. The van der Waals surface area contributed by atoms with Crippen LogP contribution in [-0.4, -0.2) is 25.6 Å². The molecule has 0 spiro atoms. The van der Waals surface area contributed by atoms with Crippen molar-refractivity contribution >= 4 is 11.9 Å². The van der Waals surface area contributed by atoms with Crippen LogP contribution in [0.4, 0.5) is 4.79 Å². The smallest absolute Gasteiger partial charge is 0.322 e. The van der Waals surface area contributed by atoms with E-state index in [1.54, 1.807) is 31.4 Å². The summed E-state index contributed by atoms with van der Waals surface area (Å²) in [5.41, 5.74) is 5.11. The quantitative estimate of drug-likeness (QED) is 0.659. The summed E-state index contributed by atoms with van der Waals surface area (Å²) < 4.78 is 5.12. The zero-order chi connectivity index (χ0) is 13.2. The summed E-state index contributed by atoms with van der Waals surface area (Å²) in [5, 5.41) is 4.89. The molecule has 1 fully saturated rings. The van der Waals surface area contributed by atoms with Crippen molar-refractivity contribution in [3.63, 3.8) is 0 Å². The Morgan fingerprint density at radius 1 is 1.39 bits per heavy atom. The van der Waals surface area contributed by atoms with E-state index in [4.69, 9.17) is 10.5 Å². The van der Waals surface area contributed by atoms with Crippen molar-refractivity contribution < 1.29 is 14.3 Å². The third kappa shape index (κ3) is 1.91. The van der Waals surface area contributed by atoms with E-state index in [2.05, 4.69) is 10.6 Å². The molecule has 6 heteroatoms. The van der Waals surface area contributed by atoms with Crippen LogP contribution in [0.2, 0.25) is 0 Å². The molecule has 1 heterocycles. The van der Waals surface area contributed by atoms with Crippen LogP contribution in [0, 0.1) is 0 Å². The average molecular weight is 249 g/mol. The van der Waals surface area contributed by atoms with Crippen LogP contribution >= 0.6 is 0 Å². The summed E-state index contributed by atoms with van der Waals surface area (Å²) in [6.07, 6.45) is 0.331. The highest BCUT2D eigenvalue weighted by Gasteiger charge is 2.47. The number of benzene rings is 1. The van der Waals surface area contributed by atoms with Gasteiger partial charge in [-0.05, 0) is 30.7 Å². The number of methoxy groups -OCH3 is 1. The molecule has 1 saturated heterocycles. The molecular weight excluding hydrogens is 234 g/mol. The summed E-state index contributed by atoms with van der Waals surface area (Å²) >= 11 is 0. The van der Waals surface area contributed by atoms with E-state index in [-0.39, 0.29) is 12.5 Å². The first-order chi connectivity index (χ1) is 8.62. The number of hydrogen-bond donors (Lipinski definition) is 3. The first kappa shape index (κ1) is 12.4. The first-order valence-electron chi connectivity index (χ1n) is 5.60. The molecule has 6 nitrogen and oxygen atoms in total. The van der Waals surface area contributed by atoms with Crippen molar-refractivity contribution in [2.75, 3.05) is 13.7 Å². The lowest BCUT2D eigenvalue weighted by Gasteiger charge is -2.26. The van der Waals surface area contributed by atoms with E-state index in [0.717, 1.165) is 0 Å². The second-order valence-electron chi connectivity index (χ2n) is 4.08. The maximum Gasteiger partial charge on any atom is 0.322 e. The molecule has 18 heavy (non-hydrogen) atoms. The van der Waals surface area contributed by atoms with E-state index in [1.165, 1.54) is 0 Å². The average Bonchev–Trinajstić information content (AvgIpc) is 2.66. The number of imide groups is 1. The lowest BCUT2D eigenvalue weighted by Crippen LogP contribution is -2.45. The SMILES string of the molecule is COc1cccc(C2(CCN)NC(=O)NC2=O)c1. The van der Waals surface area contributed by atoms with Crippen LogP contribution in [0.1, 0.15) is 12.0 Å². The summed E-state index contributed by atoms with van der Waals surface area (Å²) in [6, 6.07) is 6.53. The van der Waals surface area contributed by atoms with Crippen molar-refractivity contribution in [3.8, 4) is 5.75 Å². The topological polar surface area (TPSA) is 93.4 Å². The fourth-order valence-electron chi connectivity index (χ4n) is 2.12. The fraction of sp³-hybridized carbons (Fsp3) is 0.333. The van der Waals surface area contributed by atoms with Gasteiger partial charge in [-0.2, -0.15) is 0 Å². The minimum atomic E-state index is -1.10. The Hall–Kier alpha value is -2.08. The van der Waals surface area contributed by atoms with Gasteiger partial charge in [0.1, 0.15) is 11.3 Å². The molecule has 0 bridgehead atoms. The fourth-order valence-corrected chi connectivity index (χ4v) is 2.12. The molecule has 0 saturated carbocycles. The second-order valence-corrected chi connectivity index (χ2v) is 4.08. The van der Waals surface area contributed by atoms with E-state index >= 15 is 0 Å². The molecule has 0 aliphatic carbocycles. The van der Waals surface area contributed by atoms with E-state index in [1.807, 2.05) is 0 Å². The Kier molecular flexibility index (Phi) is 3.20. The van der Waals surface area contributed by atoms with Gasteiger partial charge in [-0.3, -0.25) is 10.1 Å². The van der Waals surface area contributed by atoms with Gasteiger partial charge >= 0.3 is 6.03 Å². The van der Waals surface area contributed by atoms with Gasteiger partial charge in [0.25, 0.3) is 5.91 Å². The van der Waals surface area contributed by atoms with Crippen LogP contribution in [0.15, 0.2) is 24.3 Å². The highest BCUT2D eigenvalue weighted by Crippen LogP contribution is 2.30. The van der Waals surface area contributed by atoms with Crippen molar-refractivity contribution in [2.45, 2.75) is 12.0 Å². The van der Waals surface area contributed by atoms with Gasteiger partial charge in [-0.1, -0.05) is 12.1 Å². The Labute approximate surface area is 104 Å². The van der Waals surface area contributed by atoms with Crippen LogP contribution < -0.4 is 21.1 Å². The molecule has 1 aromatic rings. The van der Waals surface area contributed by atoms with Gasteiger partial charge in [-0.15, -0.1) is 0 Å². The zero-order valence-corrected chi connectivity index (χ0v) is 10.0. The number of amides is 3. The third-order valence-corrected chi connectivity index (χ3v) is 3.02. The van der Waals surface area contributed by atoms with E-state index in [9.17, 15) is 9.59 Å². The molecule has 1 aromatic carbocycles.